The molecule has 1 N–H and O–H groups in total. The summed E-state index contributed by atoms with van der Waals surface area (Å²) >= 11 is 7.52. The van der Waals surface area contributed by atoms with Gasteiger partial charge in [-0.05, 0) is 29.8 Å². The lowest BCUT2D eigenvalue weighted by Crippen LogP contribution is -2.02. The van der Waals surface area contributed by atoms with Gasteiger partial charge in [0.2, 0.25) is 0 Å². The largest absolute Gasteiger partial charge is 0.388 e. The molecule has 0 aliphatic heterocycles. The molecular formula is C15H15ClO3S2. The topological polar surface area (TPSA) is 54.4 Å². The summed E-state index contributed by atoms with van der Waals surface area (Å²) in [6.45, 7) is 0. The van der Waals surface area contributed by atoms with E-state index in [1.807, 2.05) is 18.2 Å². The third-order valence-corrected chi connectivity index (χ3v) is 5.65. The first-order valence-corrected chi connectivity index (χ1v) is 9.49. The van der Waals surface area contributed by atoms with Crippen molar-refractivity contribution in [3.05, 3.63) is 59.1 Å². The molecule has 2 aromatic carbocycles. The summed E-state index contributed by atoms with van der Waals surface area (Å²) in [6.07, 6.45) is 0.478. The van der Waals surface area contributed by atoms with Gasteiger partial charge in [0.1, 0.15) is 0 Å². The Labute approximate surface area is 133 Å². The summed E-state index contributed by atoms with van der Waals surface area (Å²) in [5, 5.41) is 10.8. The fourth-order valence-corrected chi connectivity index (χ4v) is 3.60. The van der Waals surface area contributed by atoms with Crippen molar-refractivity contribution in [2.45, 2.75) is 15.9 Å². The Bertz CT molecular complexity index is 712. The summed E-state index contributed by atoms with van der Waals surface area (Å²) in [5.41, 5.74) is 0.682. The van der Waals surface area contributed by atoms with E-state index in [2.05, 4.69) is 0 Å². The molecule has 0 radical (unpaired) electrons. The average Bonchev–Trinajstić information content (AvgIpc) is 2.45. The number of benzene rings is 2. The summed E-state index contributed by atoms with van der Waals surface area (Å²) < 4.78 is 22.8. The Balaban J connectivity index is 2.04. The van der Waals surface area contributed by atoms with Crippen molar-refractivity contribution in [2.24, 2.45) is 0 Å². The molecule has 0 amide bonds. The molecule has 0 heterocycles. The van der Waals surface area contributed by atoms with Crippen LogP contribution in [0.1, 0.15) is 11.7 Å². The second-order valence-corrected chi connectivity index (χ2v) is 8.08. The molecule has 0 bridgehead atoms. The molecule has 2 rings (SSSR count). The molecule has 0 spiro atoms. The number of sulfone groups is 1. The lowest BCUT2D eigenvalue weighted by atomic mass is 10.1. The fourth-order valence-electron chi connectivity index (χ4n) is 1.76. The van der Waals surface area contributed by atoms with Gasteiger partial charge in [-0.1, -0.05) is 35.9 Å². The van der Waals surface area contributed by atoms with Crippen LogP contribution < -0.4 is 0 Å². The number of hydrogen-bond donors (Lipinski definition) is 1. The van der Waals surface area contributed by atoms with Gasteiger partial charge in [0.25, 0.3) is 0 Å². The molecule has 0 saturated carbocycles. The highest BCUT2D eigenvalue weighted by atomic mass is 35.5. The van der Waals surface area contributed by atoms with Crippen molar-refractivity contribution < 1.29 is 13.5 Å². The second kappa shape index (κ2) is 6.83. The minimum absolute atomic E-state index is 0.247. The standard InChI is InChI=1S/C15H15ClO3S2/c1-21(18,19)12-8-6-11(7-9-12)14(17)10-20-15-5-3-2-4-13(15)16/h2-9,14,17H,10H2,1H3. The Morgan fingerprint density at radius 1 is 1.14 bits per heavy atom. The minimum Gasteiger partial charge on any atom is -0.388 e. The SMILES string of the molecule is CS(=O)(=O)c1ccc(C(O)CSc2ccccc2Cl)cc1. The predicted molar refractivity (Wildman–Crippen MR) is 86.7 cm³/mol. The lowest BCUT2D eigenvalue weighted by Gasteiger charge is -2.12. The van der Waals surface area contributed by atoms with E-state index in [9.17, 15) is 13.5 Å². The zero-order valence-corrected chi connectivity index (χ0v) is 13.8. The van der Waals surface area contributed by atoms with Crippen molar-refractivity contribution in [1.82, 2.24) is 0 Å². The van der Waals surface area contributed by atoms with Crippen molar-refractivity contribution >= 4 is 33.2 Å². The van der Waals surface area contributed by atoms with Crippen LogP contribution in [0.2, 0.25) is 5.02 Å². The van der Waals surface area contributed by atoms with Gasteiger partial charge in [0, 0.05) is 16.9 Å². The van der Waals surface area contributed by atoms with Crippen LogP contribution in [-0.2, 0) is 9.84 Å². The maximum Gasteiger partial charge on any atom is 0.175 e. The molecule has 2 aromatic rings. The smallest absolute Gasteiger partial charge is 0.175 e. The maximum absolute atomic E-state index is 11.4. The molecule has 0 aromatic heterocycles. The van der Waals surface area contributed by atoms with Crippen LogP contribution in [0.3, 0.4) is 0 Å². The highest BCUT2D eigenvalue weighted by Gasteiger charge is 2.12. The minimum atomic E-state index is -3.21. The highest BCUT2D eigenvalue weighted by molar-refractivity contribution is 7.99. The van der Waals surface area contributed by atoms with Crippen molar-refractivity contribution in [3.8, 4) is 0 Å². The van der Waals surface area contributed by atoms with Crippen LogP contribution >= 0.6 is 23.4 Å². The Kier molecular flexibility index (Phi) is 5.32. The van der Waals surface area contributed by atoms with Gasteiger partial charge >= 0.3 is 0 Å². The van der Waals surface area contributed by atoms with Crippen molar-refractivity contribution in [2.75, 3.05) is 12.0 Å². The summed E-state index contributed by atoms with van der Waals surface area (Å²) in [4.78, 5) is 1.16. The Morgan fingerprint density at radius 2 is 1.76 bits per heavy atom. The number of rotatable bonds is 5. The average molecular weight is 343 g/mol. The van der Waals surface area contributed by atoms with E-state index in [0.29, 0.717) is 16.3 Å². The fraction of sp³-hybridized carbons (Fsp3) is 0.200. The van der Waals surface area contributed by atoms with Gasteiger partial charge in [0.05, 0.1) is 16.0 Å². The molecule has 0 aliphatic carbocycles. The number of hydrogen-bond acceptors (Lipinski definition) is 4. The number of aliphatic hydroxyl groups excluding tert-OH is 1. The molecule has 0 saturated heterocycles. The first kappa shape index (κ1) is 16.4. The summed E-state index contributed by atoms with van der Waals surface area (Å²) in [5.74, 6) is 0.446. The Morgan fingerprint density at radius 3 is 2.33 bits per heavy atom. The third kappa shape index (κ3) is 4.48. The lowest BCUT2D eigenvalue weighted by molar-refractivity contribution is 0.204. The van der Waals surface area contributed by atoms with Gasteiger partial charge in [0.15, 0.2) is 9.84 Å². The highest BCUT2D eigenvalue weighted by Crippen LogP contribution is 2.30. The molecule has 3 nitrogen and oxygen atoms in total. The third-order valence-electron chi connectivity index (χ3n) is 2.93. The number of thioether (sulfide) groups is 1. The van der Waals surface area contributed by atoms with E-state index in [0.717, 1.165) is 11.2 Å². The molecular weight excluding hydrogens is 328 g/mol. The van der Waals surface area contributed by atoms with Crippen molar-refractivity contribution in [1.29, 1.82) is 0 Å². The van der Waals surface area contributed by atoms with Crippen LogP contribution in [0.25, 0.3) is 0 Å². The second-order valence-electron chi connectivity index (χ2n) is 4.60. The zero-order valence-electron chi connectivity index (χ0n) is 11.4. The zero-order chi connectivity index (χ0) is 15.5. The molecule has 0 aliphatic rings. The van der Waals surface area contributed by atoms with Crippen LogP contribution in [0.15, 0.2) is 58.3 Å². The van der Waals surface area contributed by atoms with E-state index in [1.165, 1.54) is 23.9 Å². The molecule has 0 fully saturated rings. The van der Waals surface area contributed by atoms with Crippen LogP contribution in [0.4, 0.5) is 0 Å². The van der Waals surface area contributed by atoms with E-state index in [4.69, 9.17) is 11.6 Å². The van der Waals surface area contributed by atoms with Crippen LogP contribution in [-0.4, -0.2) is 25.5 Å². The molecule has 21 heavy (non-hydrogen) atoms. The Hall–Kier alpha value is -1.01. The van der Waals surface area contributed by atoms with E-state index < -0.39 is 15.9 Å². The first-order chi connectivity index (χ1) is 9.88. The van der Waals surface area contributed by atoms with Gasteiger partial charge in [-0.2, -0.15) is 0 Å². The normalized spacial score (nSPS) is 13.1. The molecule has 1 atom stereocenters. The number of aliphatic hydroxyl groups is 1. The van der Waals surface area contributed by atoms with Gasteiger partial charge in [-0.15, -0.1) is 11.8 Å². The van der Waals surface area contributed by atoms with Gasteiger partial charge in [-0.25, -0.2) is 8.42 Å². The first-order valence-electron chi connectivity index (χ1n) is 6.23. The molecule has 112 valence electrons. The quantitative estimate of drug-likeness (QED) is 0.844. The van der Waals surface area contributed by atoms with E-state index in [1.54, 1.807) is 18.2 Å². The summed E-state index contributed by atoms with van der Waals surface area (Å²) in [6, 6.07) is 13.7. The molecule has 1 unspecified atom stereocenters. The van der Waals surface area contributed by atoms with Gasteiger partial charge in [-0.3, -0.25) is 0 Å². The summed E-state index contributed by atoms with van der Waals surface area (Å²) in [7, 11) is -3.21. The van der Waals surface area contributed by atoms with E-state index >= 15 is 0 Å². The van der Waals surface area contributed by atoms with Crippen LogP contribution in [0.5, 0.6) is 0 Å². The monoisotopic (exact) mass is 342 g/mol. The predicted octanol–water partition coefficient (Wildman–Crippen LogP) is 3.57. The van der Waals surface area contributed by atoms with E-state index in [-0.39, 0.29) is 4.90 Å². The molecule has 6 heteroatoms. The van der Waals surface area contributed by atoms with Crippen LogP contribution in [0, 0.1) is 0 Å². The van der Waals surface area contributed by atoms with Gasteiger partial charge < -0.3 is 5.11 Å². The number of halogens is 1. The maximum atomic E-state index is 11.4. The van der Waals surface area contributed by atoms with Crippen molar-refractivity contribution in [3.63, 3.8) is 0 Å².